The van der Waals surface area contributed by atoms with Gasteiger partial charge in [-0.2, -0.15) is 8.78 Å². The molecule has 1 heterocycles. The minimum Gasteiger partial charge on any atom is -0.433 e. The van der Waals surface area contributed by atoms with Gasteiger partial charge in [-0.3, -0.25) is 9.59 Å². The van der Waals surface area contributed by atoms with Gasteiger partial charge in [-0.25, -0.2) is 0 Å². The molecular weight excluding hydrogens is 450 g/mol. The van der Waals surface area contributed by atoms with Crippen LogP contribution in [0.15, 0.2) is 78.9 Å². The molecule has 1 unspecified atom stereocenters. The Morgan fingerprint density at radius 2 is 1.57 bits per heavy atom. The van der Waals surface area contributed by atoms with Crippen molar-refractivity contribution < 1.29 is 23.1 Å². The minimum absolute atomic E-state index is 0.109. The summed E-state index contributed by atoms with van der Waals surface area (Å²) >= 11 is 0. The maximum Gasteiger partial charge on any atom is 0.387 e. The molecule has 182 valence electrons. The number of nitrogens with zero attached hydrogens (tertiary/aromatic N) is 1. The fourth-order valence-corrected chi connectivity index (χ4v) is 4.52. The number of benzene rings is 3. The van der Waals surface area contributed by atoms with Crippen molar-refractivity contribution in [1.29, 1.82) is 0 Å². The second kappa shape index (κ2) is 10.3. The van der Waals surface area contributed by atoms with E-state index in [-0.39, 0.29) is 29.7 Å². The topological polar surface area (TPSA) is 58.6 Å². The summed E-state index contributed by atoms with van der Waals surface area (Å²) in [5.74, 6) is -0.829. The molecule has 4 rings (SSSR count). The zero-order valence-electron chi connectivity index (χ0n) is 19.7. The molecule has 3 aromatic rings. The molecule has 1 aliphatic rings. The number of para-hydroxylation sites is 1. The van der Waals surface area contributed by atoms with Crippen LogP contribution in [0.5, 0.6) is 5.75 Å². The lowest BCUT2D eigenvalue weighted by atomic mass is 9.82. The van der Waals surface area contributed by atoms with E-state index in [1.165, 1.54) is 6.07 Å². The molecule has 2 amide bonds. The van der Waals surface area contributed by atoms with Crippen LogP contribution in [-0.2, 0) is 9.59 Å². The standard InChI is InChI=1S/C28H28F2N2O3/c1-19-10-9-15-23(35-27(29)30)25(19)31-26(34)28(2)16-17-32(28)24(33)18-22(20-11-5-3-6-12-20)21-13-7-4-8-14-21/h3-15,22,27H,16-18H2,1-2H3,(H,31,34). The third-order valence-corrected chi connectivity index (χ3v) is 6.68. The highest BCUT2D eigenvalue weighted by Crippen LogP contribution is 2.37. The second-order valence-corrected chi connectivity index (χ2v) is 8.93. The van der Waals surface area contributed by atoms with Gasteiger partial charge >= 0.3 is 6.61 Å². The van der Waals surface area contributed by atoms with Crippen molar-refractivity contribution in [3.05, 3.63) is 95.6 Å². The molecule has 0 bridgehead atoms. The molecule has 1 fully saturated rings. The number of rotatable bonds is 8. The van der Waals surface area contributed by atoms with Crippen LogP contribution in [0, 0.1) is 6.92 Å². The first-order valence-electron chi connectivity index (χ1n) is 11.6. The van der Waals surface area contributed by atoms with E-state index >= 15 is 0 Å². The van der Waals surface area contributed by atoms with Crippen LogP contribution >= 0.6 is 0 Å². The summed E-state index contributed by atoms with van der Waals surface area (Å²) in [6.07, 6.45) is 0.684. The number of alkyl halides is 2. The Morgan fingerprint density at radius 1 is 0.971 bits per heavy atom. The van der Waals surface area contributed by atoms with Gasteiger partial charge in [-0.1, -0.05) is 72.8 Å². The highest BCUT2D eigenvalue weighted by Gasteiger charge is 2.49. The van der Waals surface area contributed by atoms with Crippen molar-refractivity contribution in [3.8, 4) is 5.75 Å². The Kier molecular flexibility index (Phi) is 7.15. The maximum absolute atomic E-state index is 13.5. The Bertz CT molecular complexity index is 1150. The smallest absolute Gasteiger partial charge is 0.387 e. The van der Waals surface area contributed by atoms with Crippen LogP contribution in [0.2, 0.25) is 0 Å². The quantitative estimate of drug-likeness (QED) is 0.449. The SMILES string of the molecule is Cc1cccc(OC(F)F)c1NC(=O)C1(C)CCN1C(=O)CC(c1ccccc1)c1ccccc1. The molecule has 0 spiro atoms. The van der Waals surface area contributed by atoms with Crippen LogP contribution in [0.25, 0.3) is 0 Å². The Hall–Kier alpha value is -3.74. The number of ether oxygens (including phenoxy) is 1. The number of likely N-dealkylation sites (tertiary alicyclic amines) is 1. The first-order chi connectivity index (χ1) is 16.8. The predicted octanol–water partition coefficient (Wildman–Crippen LogP) is 5.75. The predicted molar refractivity (Wildman–Crippen MR) is 131 cm³/mol. The average Bonchev–Trinajstić information content (AvgIpc) is 2.84. The molecule has 35 heavy (non-hydrogen) atoms. The zero-order chi connectivity index (χ0) is 25.0. The van der Waals surface area contributed by atoms with Crippen molar-refractivity contribution in [1.82, 2.24) is 4.90 Å². The molecule has 5 nitrogen and oxygen atoms in total. The normalized spacial score (nSPS) is 17.3. The van der Waals surface area contributed by atoms with Gasteiger partial charge in [0.1, 0.15) is 11.3 Å². The lowest BCUT2D eigenvalue weighted by Gasteiger charge is -2.49. The third-order valence-electron chi connectivity index (χ3n) is 6.68. The summed E-state index contributed by atoms with van der Waals surface area (Å²) in [7, 11) is 0. The van der Waals surface area contributed by atoms with Crippen molar-refractivity contribution in [3.63, 3.8) is 0 Å². The Balaban J connectivity index is 1.53. The highest BCUT2D eigenvalue weighted by molar-refractivity contribution is 6.02. The largest absolute Gasteiger partial charge is 0.433 e. The Morgan fingerprint density at radius 3 is 2.09 bits per heavy atom. The number of halogens is 2. The van der Waals surface area contributed by atoms with Gasteiger partial charge < -0.3 is 15.0 Å². The fourth-order valence-electron chi connectivity index (χ4n) is 4.52. The summed E-state index contributed by atoms with van der Waals surface area (Å²) in [6, 6.07) is 24.3. The summed E-state index contributed by atoms with van der Waals surface area (Å²) in [6.45, 7) is 0.838. The third kappa shape index (κ3) is 5.19. The van der Waals surface area contributed by atoms with Crippen LogP contribution in [0.4, 0.5) is 14.5 Å². The molecule has 1 aliphatic heterocycles. The monoisotopic (exact) mass is 478 g/mol. The van der Waals surface area contributed by atoms with Gasteiger partial charge in [0.05, 0.1) is 5.69 Å². The molecule has 0 aromatic heterocycles. The molecule has 0 radical (unpaired) electrons. The summed E-state index contributed by atoms with van der Waals surface area (Å²) in [5, 5.41) is 2.74. The van der Waals surface area contributed by atoms with E-state index in [4.69, 9.17) is 0 Å². The summed E-state index contributed by atoms with van der Waals surface area (Å²) in [4.78, 5) is 28.3. The second-order valence-electron chi connectivity index (χ2n) is 8.93. The molecule has 0 aliphatic carbocycles. The number of anilines is 1. The van der Waals surface area contributed by atoms with E-state index < -0.39 is 18.1 Å². The van der Waals surface area contributed by atoms with Gasteiger partial charge in [0, 0.05) is 18.9 Å². The van der Waals surface area contributed by atoms with Crippen molar-refractivity contribution in [2.45, 2.75) is 44.8 Å². The minimum atomic E-state index is -3.02. The van der Waals surface area contributed by atoms with Crippen LogP contribution in [0.3, 0.4) is 0 Å². The average molecular weight is 479 g/mol. The summed E-state index contributed by atoms with van der Waals surface area (Å²) < 4.78 is 30.3. The van der Waals surface area contributed by atoms with Gasteiger partial charge in [0.2, 0.25) is 11.8 Å². The molecule has 7 heteroatoms. The number of nitrogens with one attached hydrogen (secondary N) is 1. The van der Waals surface area contributed by atoms with E-state index in [0.717, 1.165) is 11.1 Å². The van der Waals surface area contributed by atoms with Crippen molar-refractivity contribution in [2.24, 2.45) is 0 Å². The first-order valence-corrected chi connectivity index (χ1v) is 11.6. The van der Waals surface area contributed by atoms with Gasteiger partial charge in [-0.05, 0) is 43.0 Å². The molecule has 0 saturated carbocycles. The van der Waals surface area contributed by atoms with Crippen molar-refractivity contribution >= 4 is 17.5 Å². The number of carbonyl (C=O) groups excluding carboxylic acids is 2. The molecule has 1 N–H and O–H groups in total. The van der Waals surface area contributed by atoms with Crippen molar-refractivity contribution in [2.75, 3.05) is 11.9 Å². The van der Waals surface area contributed by atoms with E-state index in [9.17, 15) is 18.4 Å². The van der Waals surface area contributed by atoms with E-state index in [0.29, 0.717) is 18.5 Å². The van der Waals surface area contributed by atoms with Gasteiger partial charge in [0.25, 0.3) is 0 Å². The number of amides is 2. The number of hydrogen-bond donors (Lipinski definition) is 1. The lowest BCUT2D eigenvalue weighted by Crippen LogP contribution is -2.66. The van der Waals surface area contributed by atoms with Crippen LogP contribution in [0.1, 0.15) is 42.4 Å². The zero-order valence-corrected chi connectivity index (χ0v) is 19.7. The molecule has 1 saturated heterocycles. The molecular formula is C28H28F2N2O3. The number of hydrogen-bond acceptors (Lipinski definition) is 3. The maximum atomic E-state index is 13.5. The van der Waals surface area contributed by atoms with Crippen LogP contribution < -0.4 is 10.1 Å². The Labute approximate surface area is 203 Å². The van der Waals surface area contributed by atoms with E-state index in [2.05, 4.69) is 10.1 Å². The first kappa shape index (κ1) is 24.4. The van der Waals surface area contributed by atoms with E-state index in [1.807, 2.05) is 60.7 Å². The van der Waals surface area contributed by atoms with Gasteiger partial charge in [0.15, 0.2) is 0 Å². The fraction of sp³-hybridized carbons (Fsp3) is 0.286. The number of aryl methyl sites for hydroxylation is 1. The van der Waals surface area contributed by atoms with Crippen LogP contribution in [-0.4, -0.2) is 35.4 Å². The van der Waals surface area contributed by atoms with Gasteiger partial charge in [-0.15, -0.1) is 0 Å². The summed E-state index contributed by atoms with van der Waals surface area (Å²) in [5.41, 5.74) is 1.73. The lowest BCUT2D eigenvalue weighted by molar-refractivity contribution is -0.154. The number of carbonyl (C=O) groups is 2. The van der Waals surface area contributed by atoms with E-state index in [1.54, 1.807) is 30.9 Å². The highest BCUT2D eigenvalue weighted by atomic mass is 19.3. The molecule has 1 atom stereocenters. The molecule has 3 aromatic carbocycles.